The van der Waals surface area contributed by atoms with Gasteiger partial charge in [-0.15, -0.1) is 0 Å². The Hall–Kier alpha value is -2.07. The lowest BCUT2D eigenvalue weighted by atomic mass is 9.96. The van der Waals surface area contributed by atoms with Gasteiger partial charge in [0.15, 0.2) is 0 Å². The number of hydrogen-bond donors (Lipinski definition) is 1. The molecule has 1 aromatic heterocycles. The van der Waals surface area contributed by atoms with Crippen LogP contribution in [0, 0.1) is 6.92 Å². The summed E-state index contributed by atoms with van der Waals surface area (Å²) in [5.41, 5.74) is 2.70. The van der Waals surface area contributed by atoms with Gasteiger partial charge in [-0.3, -0.25) is 10.1 Å². The Bertz CT molecular complexity index is 677. The van der Waals surface area contributed by atoms with E-state index in [1.54, 1.807) is 0 Å². The number of aromatic nitrogens is 1. The van der Waals surface area contributed by atoms with Crippen LogP contribution in [0.2, 0.25) is 0 Å². The third-order valence-electron chi connectivity index (χ3n) is 4.36. The van der Waals surface area contributed by atoms with Crippen molar-refractivity contribution < 1.29 is 4.79 Å². The highest BCUT2D eigenvalue weighted by Gasteiger charge is 2.49. The molecule has 1 unspecified atom stereocenters. The number of fused-ring (bicyclic) bond motifs is 2. The first-order valence-electron chi connectivity index (χ1n) is 8.00. The van der Waals surface area contributed by atoms with Crippen molar-refractivity contribution in [2.45, 2.75) is 33.0 Å². The lowest BCUT2D eigenvalue weighted by Gasteiger charge is -2.42. The second kappa shape index (κ2) is 5.61. The molecule has 4 rings (SSSR count). The molecular weight excluding hydrogens is 274 g/mol. The van der Waals surface area contributed by atoms with Crippen LogP contribution >= 0.6 is 0 Å². The highest BCUT2D eigenvalue weighted by Crippen LogP contribution is 2.36. The zero-order valence-electron chi connectivity index (χ0n) is 13.5. The van der Waals surface area contributed by atoms with Crippen LogP contribution in [0.4, 0.5) is 0 Å². The van der Waals surface area contributed by atoms with E-state index < -0.39 is 5.66 Å². The van der Waals surface area contributed by atoms with Crippen molar-refractivity contribution in [3.8, 4) is 0 Å². The minimum absolute atomic E-state index is 0.123. The second-order valence-corrected chi connectivity index (χ2v) is 5.64. The van der Waals surface area contributed by atoms with Crippen molar-refractivity contribution in [3.63, 3.8) is 0 Å². The molecule has 2 aromatic rings. The van der Waals surface area contributed by atoms with Crippen molar-refractivity contribution in [2.75, 3.05) is 13.1 Å². The standard InChI is InChI=1S/C16H17N3O.C2H6/c1-12-9-14-15(20)19-8-7-17-16(19,11-18(14)10-12)13-5-3-2-4-6-13;1-2/h2-6,9-10,17H,7-8,11H2,1H3;1-2H3. The van der Waals surface area contributed by atoms with Gasteiger partial charge in [0.25, 0.3) is 5.91 Å². The predicted molar refractivity (Wildman–Crippen MR) is 87.7 cm³/mol. The number of benzene rings is 1. The molecular formula is C18H23N3O. The van der Waals surface area contributed by atoms with Gasteiger partial charge in [0.05, 0.1) is 6.54 Å². The maximum absolute atomic E-state index is 12.8. The summed E-state index contributed by atoms with van der Waals surface area (Å²) < 4.78 is 2.08. The molecule has 2 aliphatic rings. The first kappa shape index (κ1) is 14.9. The Morgan fingerprint density at radius 3 is 2.64 bits per heavy atom. The van der Waals surface area contributed by atoms with E-state index in [9.17, 15) is 4.79 Å². The van der Waals surface area contributed by atoms with Gasteiger partial charge in [0, 0.05) is 19.3 Å². The average Bonchev–Trinajstić information content (AvgIpc) is 3.14. The molecule has 4 heteroatoms. The summed E-state index contributed by atoms with van der Waals surface area (Å²) in [6, 6.07) is 12.2. The van der Waals surface area contributed by atoms with Gasteiger partial charge in [-0.2, -0.15) is 0 Å². The topological polar surface area (TPSA) is 37.3 Å². The molecule has 2 aliphatic heterocycles. The molecule has 1 amide bonds. The number of hydrogen-bond acceptors (Lipinski definition) is 2. The molecule has 0 spiro atoms. The molecule has 3 heterocycles. The van der Waals surface area contributed by atoms with E-state index in [2.05, 4.69) is 28.2 Å². The number of nitrogens with one attached hydrogen (secondary N) is 1. The molecule has 0 saturated carbocycles. The van der Waals surface area contributed by atoms with Crippen LogP contribution in [0.15, 0.2) is 42.6 Å². The van der Waals surface area contributed by atoms with Gasteiger partial charge in [0.2, 0.25) is 0 Å². The molecule has 1 fully saturated rings. The molecule has 22 heavy (non-hydrogen) atoms. The summed E-state index contributed by atoms with van der Waals surface area (Å²) in [4.78, 5) is 14.7. The number of aryl methyl sites for hydroxylation is 1. The number of amides is 1. The maximum atomic E-state index is 12.8. The quantitative estimate of drug-likeness (QED) is 0.879. The summed E-state index contributed by atoms with van der Waals surface area (Å²) in [5.74, 6) is 0.123. The number of rotatable bonds is 1. The minimum atomic E-state index is -0.392. The molecule has 4 nitrogen and oxygen atoms in total. The third kappa shape index (κ3) is 2.06. The number of carbonyl (C=O) groups excluding carboxylic acids is 1. The first-order chi connectivity index (χ1) is 10.7. The van der Waals surface area contributed by atoms with Gasteiger partial charge in [0.1, 0.15) is 11.4 Å². The summed E-state index contributed by atoms with van der Waals surface area (Å²) in [5, 5.41) is 3.55. The van der Waals surface area contributed by atoms with E-state index in [1.807, 2.05) is 49.9 Å². The third-order valence-corrected chi connectivity index (χ3v) is 4.36. The van der Waals surface area contributed by atoms with E-state index in [-0.39, 0.29) is 5.91 Å². The van der Waals surface area contributed by atoms with Gasteiger partial charge >= 0.3 is 0 Å². The molecule has 1 saturated heterocycles. The Morgan fingerprint density at radius 2 is 1.91 bits per heavy atom. The van der Waals surface area contributed by atoms with Crippen LogP contribution in [0.25, 0.3) is 0 Å². The maximum Gasteiger partial charge on any atom is 0.272 e. The van der Waals surface area contributed by atoms with E-state index in [0.717, 1.165) is 36.5 Å². The highest BCUT2D eigenvalue weighted by atomic mass is 16.2. The van der Waals surface area contributed by atoms with Gasteiger partial charge in [-0.1, -0.05) is 44.2 Å². The van der Waals surface area contributed by atoms with Crippen LogP contribution in [0.3, 0.4) is 0 Å². The van der Waals surface area contributed by atoms with Crippen LogP contribution in [-0.2, 0) is 12.2 Å². The lowest BCUT2D eigenvalue weighted by Crippen LogP contribution is -2.57. The highest BCUT2D eigenvalue weighted by molar-refractivity contribution is 5.94. The van der Waals surface area contributed by atoms with E-state index in [4.69, 9.17) is 0 Å². The van der Waals surface area contributed by atoms with Crippen molar-refractivity contribution in [1.29, 1.82) is 0 Å². The largest absolute Gasteiger partial charge is 0.339 e. The fourth-order valence-electron chi connectivity index (χ4n) is 3.49. The molecule has 0 aliphatic carbocycles. The van der Waals surface area contributed by atoms with Crippen LogP contribution in [-0.4, -0.2) is 28.5 Å². The van der Waals surface area contributed by atoms with E-state index >= 15 is 0 Å². The van der Waals surface area contributed by atoms with Gasteiger partial charge in [-0.25, -0.2) is 0 Å². The monoisotopic (exact) mass is 297 g/mol. The Labute approximate surface area is 131 Å². The Morgan fingerprint density at radius 1 is 1.18 bits per heavy atom. The second-order valence-electron chi connectivity index (χ2n) is 5.64. The molecule has 1 N–H and O–H groups in total. The smallest absolute Gasteiger partial charge is 0.272 e. The average molecular weight is 297 g/mol. The zero-order valence-corrected chi connectivity index (χ0v) is 13.5. The molecule has 1 atom stereocenters. The van der Waals surface area contributed by atoms with E-state index in [0.29, 0.717) is 0 Å². The predicted octanol–water partition coefficient (Wildman–Crippen LogP) is 2.73. The Kier molecular flexibility index (Phi) is 3.79. The fourth-order valence-corrected chi connectivity index (χ4v) is 3.49. The molecule has 116 valence electrons. The SMILES string of the molecule is CC.Cc1cc2n(c1)CC1(c3ccccc3)NCCN1C2=O. The number of nitrogens with zero attached hydrogens (tertiary/aromatic N) is 2. The van der Waals surface area contributed by atoms with Crippen molar-refractivity contribution in [3.05, 3.63) is 59.4 Å². The summed E-state index contributed by atoms with van der Waals surface area (Å²) in [6.07, 6.45) is 2.06. The normalized spacial score (nSPS) is 22.7. The molecule has 1 aromatic carbocycles. The summed E-state index contributed by atoms with van der Waals surface area (Å²) in [7, 11) is 0. The zero-order chi connectivity index (χ0) is 15.7. The van der Waals surface area contributed by atoms with Gasteiger partial charge in [-0.05, 0) is 24.1 Å². The van der Waals surface area contributed by atoms with Crippen LogP contribution < -0.4 is 5.32 Å². The molecule has 0 bridgehead atoms. The lowest BCUT2D eigenvalue weighted by molar-refractivity contribution is 0.0398. The van der Waals surface area contributed by atoms with E-state index in [1.165, 1.54) is 0 Å². The van der Waals surface area contributed by atoms with Crippen LogP contribution in [0.5, 0.6) is 0 Å². The summed E-state index contributed by atoms with van der Waals surface area (Å²) >= 11 is 0. The summed E-state index contributed by atoms with van der Waals surface area (Å²) in [6.45, 7) is 8.40. The van der Waals surface area contributed by atoms with Crippen LogP contribution in [0.1, 0.15) is 35.5 Å². The number of carbonyl (C=O) groups is 1. The van der Waals surface area contributed by atoms with Crippen molar-refractivity contribution >= 4 is 5.91 Å². The van der Waals surface area contributed by atoms with Crippen molar-refractivity contribution in [1.82, 2.24) is 14.8 Å². The van der Waals surface area contributed by atoms with Gasteiger partial charge < -0.3 is 9.47 Å². The van der Waals surface area contributed by atoms with Crippen molar-refractivity contribution in [2.24, 2.45) is 0 Å². The fraction of sp³-hybridized carbons (Fsp3) is 0.389. The minimum Gasteiger partial charge on any atom is -0.339 e. The Balaban J connectivity index is 0.000000693. The first-order valence-corrected chi connectivity index (χ1v) is 8.00. The molecule has 0 radical (unpaired) electrons.